The average molecular weight is 331 g/mol. The van der Waals surface area contributed by atoms with Gasteiger partial charge in [-0.3, -0.25) is 0 Å². The van der Waals surface area contributed by atoms with Crippen LogP contribution in [0.5, 0.6) is 0 Å². The summed E-state index contributed by atoms with van der Waals surface area (Å²) < 4.78 is 0. The average Bonchev–Trinajstić information content (AvgIpc) is 2.49. The number of fused-ring (bicyclic) bond motifs is 3. The molecule has 2 aliphatic carbocycles. The van der Waals surface area contributed by atoms with Crippen molar-refractivity contribution in [3.05, 3.63) is 22.3 Å². The monoisotopic (exact) mass is 330 g/mol. The Morgan fingerprint density at radius 3 is 0.792 bits per heavy atom. The van der Waals surface area contributed by atoms with Gasteiger partial charge in [0, 0.05) is 10.8 Å². The maximum atomic E-state index is 2.55. The Kier molecular flexibility index (Phi) is 3.80. The van der Waals surface area contributed by atoms with Crippen molar-refractivity contribution in [1.29, 1.82) is 0 Å². The molecule has 2 aliphatic rings. The Labute approximate surface area is 152 Å². The second-order valence-electron chi connectivity index (χ2n) is 11.2. The van der Waals surface area contributed by atoms with Crippen molar-refractivity contribution in [1.82, 2.24) is 0 Å². The molecule has 2 atom stereocenters. The van der Waals surface area contributed by atoms with Crippen LogP contribution in [0.25, 0.3) is 0 Å². The standard InChI is InChI=1S/C24H42/c1-15-17(3)23(13)20(7,8)16(2)18(4)24(14,19(15,5)6)22(11,12)21(23,9)10/h1-14H3. The van der Waals surface area contributed by atoms with E-state index in [9.17, 15) is 0 Å². The molecule has 0 aromatic carbocycles. The van der Waals surface area contributed by atoms with Crippen molar-refractivity contribution in [2.45, 2.75) is 96.9 Å². The minimum atomic E-state index is 0.116. The highest BCUT2D eigenvalue weighted by Crippen LogP contribution is 2.78. The highest BCUT2D eigenvalue weighted by molar-refractivity contribution is 5.47. The van der Waals surface area contributed by atoms with Gasteiger partial charge in [-0.2, -0.15) is 0 Å². The van der Waals surface area contributed by atoms with Gasteiger partial charge in [-0.1, -0.05) is 91.5 Å². The van der Waals surface area contributed by atoms with Gasteiger partial charge in [-0.05, 0) is 49.4 Å². The van der Waals surface area contributed by atoms with Gasteiger partial charge in [-0.25, -0.2) is 0 Å². The highest BCUT2D eigenvalue weighted by Gasteiger charge is 2.71. The summed E-state index contributed by atoms with van der Waals surface area (Å²) >= 11 is 0. The fourth-order valence-corrected chi connectivity index (χ4v) is 7.12. The zero-order chi connectivity index (χ0) is 19.3. The number of rotatable bonds is 0. The zero-order valence-corrected chi connectivity index (χ0v) is 19.0. The maximum Gasteiger partial charge on any atom is 0.00284 e. The Balaban J connectivity index is 3.25. The first kappa shape index (κ1) is 19.8. The summed E-state index contributed by atoms with van der Waals surface area (Å²) in [6, 6.07) is 0. The molecule has 0 saturated heterocycles. The van der Waals surface area contributed by atoms with E-state index in [1.807, 2.05) is 0 Å². The van der Waals surface area contributed by atoms with E-state index in [4.69, 9.17) is 0 Å². The van der Waals surface area contributed by atoms with Crippen LogP contribution in [0.4, 0.5) is 0 Å². The van der Waals surface area contributed by atoms with E-state index < -0.39 is 0 Å². The summed E-state index contributed by atoms with van der Waals surface area (Å²) in [5.74, 6) is 0. The van der Waals surface area contributed by atoms with E-state index >= 15 is 0 Å². The predicted molar refractivity (Wildman–Crippen MR) is 108 cm³/mol. The van der Waals surface area contributed by atoms with Gasteiger partial charge in [0.05, 0.1) is 0 Å². The van der Waals surface area contributed by atoms with Crippen LogP contribution in [0.2, 0.25) is 0 Å². The van der Waals surface area contributed by atoms with Gasteiger partial charge in [0.2, 0.25) is 0 Å². The Hall–Kier alpha value is -0.520. The molecule has 24 heavy (non-hydrogen) atoms. The van der Waals surface area contributed by atoms with Gasteiger partial charge >= 0.3 is 0 Å². The molecule has 2 unspecified atom stereocenters. The van der Waals surface area contributed by atoms with Crippen LogP contribution in [0, 0.1) is 32.5 Å². The van der Waals surface area contributed by atoms with Gasteiger partial charge in [0.15, 0.2) is 0 Å². The lowest BCUT2D eigenvalue weighted by molar-refractivity contribution is -0.120. The third-order valence-corrected chi connectivity index (χ3v) is 11.1. The summed E-state index contributed by atoms with van der Waals surface area (Å²) in [6.45, 7) is 34.9. The smallest absolute Gasteiger partial charge is 0.00284 e. The van der Waals surface area contributed by atoms with Crippen molar-refractivity contribution in [3.8, 4) is 0 Å². The molecular weight excluding hydrogens is 288 g/mol. The topological polar surface area (TPSA) is 0 Å². The van der Waals surface area contributed by atoms with E-state index in [1.54, 1.807) is 22.3 Å². The molecular formula is C24H42. The van der Waals surface area contributed by atoms with Crippen LogP contribution >= 0.6 is 0 Å². The molecule has 0 aromatic heterocycles. The Bertz CT molecular complexity index is 590. The van der Waals surface area contributed by atoms with Crippen molar-refractivity contribution in [3.63, 3.8) is 0 Å². The highest BCUT2D eigenvalue weighted by atomic mass is 14.7. The first-order chi connectivity index (χ1) is 10.4. The minimum Gasteiger partial charge on any atom is -0.0673 e. The summed E-state index contributed by atoms with van der Waals surface area (Å²) in [6.07, 6.45) is 0. The SMILES string of the molecule is CC1=C(C)C2(C)C(C)(C)C(C)=C(C)C(C)(C1(C)C)C(C)(C)C2(C)C. The lowest BCUT2D eigenvalue weighted by atomic mass is 9.41. The fourth-order valence-electron chi connectivity index (χ4n) is 7.12. The largest absolute Gasteiger partial charge is 0.0673 e. The summed E-state index contributed by atoms with van der Waals surface area (Å²) in [5, 5.41) is 0. The second-order valence-corrected chi connectivity index (χ2v) is 11.2. The lowest BCUT2D eigenvalue weighted by Crippen LogP contribution is -2.57. The van der Waals surface area contributed by atoms with E-state index in [-0.39, 0.29) is 32.5 Å². The number of hydrogen-bond donors (Lipinski definition) is 0. The summed E-state index contributed by atoms with van der Waals surface area (Å²) in [4.78, 5) is 0. The summed E-state index contributed by atoms with van der Waals surface area (Å²) in [7, 11) is 0. The molecule has 0 amide bonds. The van der Waals surface area contributed by atoms with E-state index in [0.29, 0.717) is 0 Å². The molecule has 0 fully saturated rings. The van der Waals surface area contributed by atoms with Crippen molar-refractivity contribution >= 4 is 0 Å². The van der Waals surface area contributed by atoms with Crippen molar-refractivity contribution in [2.75, 3.05) is 0 Å². The molecule has 0 spiro atoms. The lowest BCUT2D eigenvalue weighted by Gasteiger charge is -2.63. The molecule has 0 N–H and O–H groups in total. The predicted octanol–water partition coefficient (Wildman–Crippen LogP) is 7.80. The molecule has 0 aliphatic heterocycles. The molecule has 0 nitrogen and oxygen atoms in total. The minimum absolute atomic E-state index is 0.116. The van der Waals surface area contributed by atoms with E-state index in [2.05, 4.69) is 96.9 Å². The number of hydrogen-bond acceptors (Lipinski definition) is 0. The molecule has 0 radical (unpaired) electrons. The Morgan fingerprint density at radius 1 is 0.375 bits per heavy atom. The first-order valence-corrected chi connectivity index (χ1v) is 9.75. The molecule has 0 saturated carbocycles. The molecule has 0 aromatic rings. The first-order valence-electron chi connectivity index (χ1n) is 9.75. The van der Waals surface area contributed by atoms with Gasteiger partial charge in [-0.15, -0.1) is 0 Å². The third-order valence-electron chi connectivity index (χ3n) is 11.1. The quantitative estimate of drug-likeness (QED) is 0.397. The van der Waals surface area contributed by atoms with Crippen LogP contribution in [0.1, 0.15) is 96.9 Å². The normalized spacial score (nSPS) is 39.8. The van der Waals surface area contributed by atoms with Gasteiger partial charge < -0.3 is 0 Å². The number of allylic oxidation sites excluding steroid dienone is 4. The fraction of sp³-hybridized carbons (Fsp3) is 0.833. The van der Waals surface area contributed by atoms with Crippen LogP contribution in [0.3, 0.4) is 0 Å². The van der Waals surface area contributed by atoms with Crippen LogP contribution in [0.15, 0.2) is 22.3 Å². The van der Waals surface area contributed by atoms with Crippen molar-refractivity contribution < 1.29 is 0 Å². The maximum absolute atomic E-state index is 2.55. The molecule has 2 rings (SSSR count). The molecule has 2 bridgehead atoms. The molecule has 138 valence electrons. The molecule has 0 heteroatoms. The third kappa shape index (κ3) is 1.54. The second kappa shape index (κ2) is 4.60. The van der Waals surface area contributed by atoms with Gasteiger partial charge in [0.1, 0.15) is 0 Å². The van der Waals surface area contributed by atoms with Gasteiger partial charge in [0.25, 0.3) is 0 Å². The van der Waals surface area contributed by atoms with E-state index in [0.717, 1.165) is 0 Å². The molecule has 0 heterocycles. The Morgan fingerprint density at radius 2 is 0.583 bits per heavy atom. The van der Waals surface area contributed by atoms with E-state index in [1.165, 1.54) is 0 Å². The van der Waals surface area contributed by atoms with Crippen molar-refractivity contribution in [2.24, 2.45) is 32.5 Å². The zero-order valence-electron chi connectivity index (χ0n) is 19.0. The van der Waals surface area contributed by atoms with Crippen LogP contribution < -0.4 is 0 Å². The van der Waals surface area contributed by atoms with Crippen LogP contribution in [-0.2, 0) is 0 Å². The summed E-state index contributed by atoms with van der Waals surface area (Å²) in [5.41, 5.74) is 7.27. The van der Waals surface area contributed by atoms with Crippen LogP contribution in [-0.4, -0.2) is 0 Å².